The zero-order valence-corrected chi connectivity index (χ0v) is 8.34. The zero-order valence-electron chi connectivity index (χ0n) is 8.34. The molecule has 0 atom stereocenters. The van der Waals surface area contributed by atoms with Gasteiger partial charge in [-0.25, -0.2) is 14.3 Å². The van der Waals surface area contributed by atoms with Crippen molar-refractivity contribution in [3.8, 4) is 0 Å². The van der Waals surface area contributed by atoms with E-state index in [1.165, 1.54) is 17.6 Å². The van der Waals surface area contributed by atoms with Crippen molar-refractivity contribution in [1.82, 2.24) is 14.6 Å². The molecule has 0 fully saturated rings. The van der Waals surface area contributed by atoms with E-state index in [4.69, 9.17) is 5.11 Å². The number of nitrogens with zero attached hydrogens (tertiary/aromatic N) is 3. The number of aromatic carboxylic acids is 1. The molecule has 0 aromatic carbocycles. The number of hydrogen-bond donors (Lipinski definition) is 2. The number of rotatable bonds is 2. The van der Waals surface area contributed by atoms with E-state index in [-0.39, 0.29) is 22.9 Å². The van der Waals surface area contributed by atoms with Crippen LogP contribution in [-0.4, -0.2) is 31.6 Å². The summed E-state index contributed by atoms with van der Waals surface area (Å²) in [5.74, 6) is -1.57. The fraction of sp³-hybridized carbons (Fsp3) is 0.111. The van der Waals surface area contributed by atoms with Gasteiger partial charge < -0.3 is 10.4 Å². The molecule has 0 bridgehead atoms. The molecule has 2 aromatic rings. The van der Waals surface area contributed by atoms with Crippen LogP contribution in [0.4, 0.5) is 5.82 Å². The van der Waals surface area contributed by atoms with Crippen LogP contribution in [0, 0.1) is 0 Å². The molecule has 0 unspecified atom stereocenters. The van der Waals surface area contributed by atoms with Crippen molar-refractivity contribution in [3.63, 3.8) is 0 Å². The summed E-state index contributed by atoms with van der Waals surface area (Å²) in [5.41, 5.74) is 0.0783. The second kappa shape index (κ2) is 3.61. The van der Waals surface area contributed by atoms with Crippen molar-refractivity contribution in [2.45, 2.75) is 6.92 Å². The van der Waals surface area contributed by atoms with E-state index in [1.54, 1.807) is 12.3 Å². The van der Waals surface area contributed by atoms with Crippen LogP contribution in [0.1, 0.15) is 17.3 Å². The van der Waals surface area contributed by atoms with E-state index in [0.29, 0.717) is 0 Å². The van der Waals surface area contributed by atoms with Crippen LogP contribution >= 0.6 is 0 Å². The predicted octanol–water partition coefficient (Wildman–Crippen LogP) is 0.386. The lowest BCUT2D eigenvalue weighted by molar-refractivity contribution is -0.114. The lowest BCUT2D eigenvalue weighted by Crippen LogP contribution is -2.10. The number of carbonyl (C=O) groups is 2. The van der Waals surface area contributed by atoms with Gasteiger partial charge in [0.15, 0.2) is 11.5 Å². The summed E-state index contributed by atoms with van der Waals surface area (Å²) in [7, 11) is 0. The highest BCUT2D eigenvalue weighted by Gasteiger charge is 2.20. The predicted molar refractivity (Wildman–Crippen MR) is 54.3 cm³/mol. The maximum atomic E-state index is 11.0. The van der Waals surface area contributed by atoms with E-state index >= 15 is 0 Å². The molecule has 7 nitrogen and oxygen atoms in total. The van der Waals surface area contributed by atoms with Gasteiger partial charge in [-0.3, -0.25) is 4.79 Å². The molecule has 0 radical (unpaired) electrons. The average molecular weight is 220 g/mol. The molecule has 0 aliphatic heterocycles. The number of hydrogen-bond acceptors (Lipinski definition) is 4. The van der Waals surface area contributed by atoms with Gasteiger partial charge in [0, 0.05) is 19.3 Å². The SMILES string of the molecule is CC(=O)Nc1nn2cccnc2c1C(=O)O. The Bertz CT molecular complexity index is 575. The lowest BCUT2D eigenvalue weighted by Gasteiger charge is -1.96. The normalized spacial score (nSPS) is 10.3. The Morgan fingerprint density at radius 2 is 2.25 bits per heavy atom. The molecule has 0 saturated heterocycles. The highest BCUT2D eigenvalue weighted by atomic mass is 16.4. The third-order valence-electron chi connectivity index (χ3n) is 1.90. The maximum Gasteiger partial charge on any atom is 0.343 e. The fourth-order valence-corrected chi connectivity index (χ4v) is 1.34. The fourth-order valence-electron chi connectivity index (χ4n) is 1.34. The van der Waals surface area contributed by atoms with E-state index in [9.17, 15) is 9.59 Å². The Morgan fingerprint density at radius 1 is 1.50 bits per heavy atom. The van der Waals surface area contributed by atoms with Crippen molar-refractivity contribution in [2.75, 3.05) is 5.32 Å². The van der Waals surface area contributed by atoms with Gasteiger partial charge in [0.2, 0.25) is 5.91 Å². The van der Waals surface area contributed by atoms with Gasteiger partial charge in [0.1, 0.15) is 5.56 Å². The molecule has 0 aliphatic rings. The van der Waals surface area contributed by atoms with Gasteiger partial charge in [-0.05, 0) is 6.07 Å². The van der Waals surface area contributed by atoms with E-state index in [1.807, 2.05) is 0 Å². The molecule has 82 valence electrons. The van der Waals surface area contributed by atoms with Crippen LogP contribution in [0.5, 0.6) is 0 Å². The Balaban J connectivity index is 2.68. The minimum atomic E-state index is -1.18. The second-order valence-corrected chi connectivity index (χ2v) is 3.10. The molecule has 0 spiro atoms. The number of aromatic nitrogens is 3. The number of carbonyl (C=O) groups excluding carboxylic acids is 1. The standard InChI is InChI=1S/C9H8N4O3/c1-5(14)11-7-6(9(15)16)8-10-3-2-4-13(8)12-7/h2-4H,1H3,(H,15,16)(H,11,12,14). The first-order chi connectivity index (χ1) is 7.59. The Labute approximate surface area is 89.7 Å². The van der Waals surface area contributed by atoms with Crippen molar-refractivity contribution < 1.29 is 14.7 Å². The second-order valence-electron chi connectivity index (χ2n) is 3.10. The summed E-state index contributed by atoms with van der Waals surface area (Å²) in [6, 6.07) is 1.61. The van der Waals surface area contributed by atoms with Gasteiger partial charge in [-0.2, -0.15) is 0 Å². The molecule has 2 N–H and O–H groups in total. The number of anilines is 1. The molecule has 0 saturated carbocycles. The number of carboxylic acid groups (broad SMARTS) is 1. The van der Waals surface area contributed by atoms with Crippen molar-refractivity contribution in [1.29, 1.82) is 0 Å². The number of amides is 1. The molecular weight excluding hydrogens is 212 g/mol. The van der Waals surface area contributed by atoms with Gasteiger partial charge in [-0.1, -0.05) is 0 Å². The Kier molecular flexibility index (Phi) is 2.28. The van der Waals surface area contributed by atoms with Crippen molar-refractivity contribution >= 4 is 23.3 Å². The largest absolute Gasteiger partial charge is 0.477 e. The van der Waals surface area contributed by atoms with Gasteiger partial charge in [0.05, 0.1) is 0 Å². The molecule has 7 heteroatoms. The first-order valence-corrected chi connectivity index (χ1v) is 4.44. The number of fused-ring (bicyclic) bond motifs is 1. The third-order valence-corrected chi connectivity index (χ3v) is 1.90. The first-order valence-electron chi connectivity index (χ1n) is 4.44. The molecule has 0 aliphatic carbocycles. The first kappa shape index (κ1) is 10.1. The molecule has 1 amide bonds. The zero-order chi connectivity index (χ0) is 11.7. The highest BCUT2D eigenvalue weighted by molar-refractivity contribution is 6.03. The molecular formula is C9H8N4O3. The molecule has 16 heavy (non-hydrogen) atoms. The van der Waals surface area contributed by atoms with Crippen LogP contribution in [0.25, 0.3) is 5.65 Å². The van der Waals surface area contributed by atoms with Crippen LogP contribution in [0.2, 0.25) is 0 Å². The third kappa shape index (κ3) is 1.58. The van der Waals surface area contributed by atoms with Crippen LogP contribution < -0.4 is 5.32 Å². The van der Waals surface area contributed by atoms with E-state index < -0.39 is 5.97 Å². The summed E-state index contributed by atoms with van der Waals surface area (Å²) in [6.45, 7) is 1.28. The average Bonchev–Trinajstić information content (AvgIpc) is 2.53. The number of carboxylic acids is 1. The maximum absolute atomic E-state index is 11.0. The van der Waals surface area contributed by atoms with Crippen LogP contribution in [0.15, 0.2) is 18.5 Å². The molecule has 2 aromatic heterocycles. The van der Waals surface area contributed by atoms with Gasteiger partial charge in [0.25, 0.3) is 0 Å². The van der Waals surface area contributed by atoms with Crippen molar-refractivity contribution in [2.24, 2.45) is 0 Å². The quantitative estimate of drug-likeness (QED) is 0.762. The summed E-state index contributed by atoms with van der Waals surface area (Å²) in [4.78, 5) is 25.8. The van der Waals surface area contributed by atoms with E-state index in [0.717, 1.165) is 0 Å². The minimum Gasteiger partial charge on any atom is -0.477 e. The minimum absolute atomic E-state index is 0.00120. The Hall–Kier alpha value is -2.44. The summed E-state index contributed by atoms with van der Waals surface area (Å²) in [5, 5.41) is 15.3. The molecule has 2 heterocycles. The summed E-state index contributed by atoms with van der Waals surface area (Å²) >= 11 is 0. The van der Waals surface area contributed by atoms with E-state index in [2.05, 4.69) is 15.4 Å². The lowest BCUT2D eigenvalue weighted by atomic mass is 10.3. The Morgan fingerprint density at radius 3 is 2.88 bits per heavy atom. The summed E-state index contributed by atoms with van der Waals surface area (Å²) in [6.07, 6.45) is 3.01. The topological polar surface area (TPSA) is 96.6 Å². The molecule has 2 rings (SSSR count). The monoisotopic (exact) mass is 220 g/mol. The summed E-state index contributed by atoms with van der Waals surface area (Å²) < 4.78 is 1.30. The van der Waals surface area contributed by atoms with Crippen molar-refractivity contribution in [3.05, 3.63) is 24.0 Å². The van der Waals surface area contributed by atoms with Gasteiger partial charge >= 0.3 is 5.97 Å². The smallest absolute Gasteiger partial charge is 0.343 e. The highest BCUT2D eigenvalue weighted by Crippen LogP contribution is 2.18. The van der Waals surface area contributed by atoms with Crippen LogP contribution in [-0.2, 0) is 4.79 Å². The number of nitrogens with one attached hydrogen (secondary N) is 1. The van der Waals surface area contributed by atoms with Crippen LogP contribution in [0.3, 0.4) is 0 Å². The van der Waals surface area contributed by atoms with Gasteiger partial charge in [-0.15, -0.1) is 5.10 Å².